The number of hydrogen-bond donors (Lipinski definition) is 0. The van der Waals surface area contributed by atoms with Gasteiger partial charge in [-0.2, -0.15) is 4.89 Å². The van der Waals surface area contributed by atoms with Crippen LogP contribution in [0.25, 0.3) is 0 Å². The molecule has 0 atom stereocenters. The summed E-state index contributed by atoms with van der Waals surface area (Å²) in [5, 5.41) is 0. The first kappa shape index (κ1) is 16.0. The Labute approximate surface area is 127 Å². The summed E-state index contributed by atoms with van der Waals surface area (Å²) in [6.45, 7) is 8.69. The Bertz CT molecular complexity index is 462. The minimum atomic E-state index is -0.408. The van der Waals surface area contributed by atoms with Gasteiger partial charge in [0, 0.05) is 0 Å². The molecule has 0 aliphatic heterocycles. The predicted molar refractivity (Wildman–Crippen MR) is 83.1 cm³/mol. The first-order valence-corrected chi connectivity index (χ1v) is 7.84. The molecule has 0 N–H and O–H groups in total. The minimum absolute atomic E-state index is 0.0546. The normalized spacial score (nSPS) is 22.9. The zero-order chi connectivity index (χ0) is 15.5. The van der Waals surface area contributed by atoms with Crippen LogP contribution in [0.5, 0.6) is 0 Å². The molecule has 0 aromatic heterocycles. The van der Waals surface area contributed by atoms with Crippen molar-refractivity contribution in [3.8, 4) is 0 Å². The Morgan fingerprint density at radius 1 is 1.05 bits per heavy atom. The molecule has 0 amide bonds. The molecule has 21 heavy (non-hydrogen) atoms. The van der Waals surface area contributed by atoms with Crippen molar-refractivity contribution in [3.63, 3.8) is 0 Å². The van der Waals surface area contributed by atoms with E-state index in [-0.39, 0.29) is 11.5 Å². The fourth-order valence-electron chi connectivity index (χ4n) is 2.59. The van der Waals surface area contributed by atoms with E-state index in [1.54, 1.807) is 12.1 Å². The van der Waals surface area contributed by atoms with Gasteiger partial charge < -0.3 is 0 Å². The minimum Gasteiger partial charge on any atom is -0.293 e. The van der Waals surface area contributed by atoms with Gasteiger partial charge in [0.2, 0.25) is 0 Å². The van der Waals surface area contributed by atoms with E-state index >= 15 is 0 Å². The quantitative estimate of drug-likeness (QED) is 0.600. The largest absolute Gasteiger partial charge is 0.373 e. The van der Waals surface area contributed by atoms with Crippen molar-refractivity contribution in [2.75, 3.05) is 0 Å². The number of hydrogen-bond acceptors (Lipinski definition) is 3. The van der Waals surface area contributed by atoms with Gasteiger partial charge in [-0.1, -0.05) is 39.8 Å². The number of carbonyl (C=O) groups is 1. The molecule has 3 heteroatoms. The van der Waals surface area contributed by atoms with E-state index in [4.69, 9.17) is 9.78 Å². The highest BCUT2D eigenvalue weighted by Gasteiger charge is 2.21. The Morgan fingerprint density at radius 2 is 1.62 bits per heavy atom. The molecule has 1 aliphatic rings. The van der Waals surface area contributed by atoms with Crippen LogP contribution < -0.4 is 0 Å². The summed E-state index contributed by atoms with van der Waals surface area (Å²) < 4.78 is 0. The van der Waals surface area contributed by atoms with E-state index in [0.717, 1.165) is 31.6 Å². The molecule has 1 saturated carbocycles. The molecule has 0 spiro atoms. The lowest BCUT2D eigenvalue weighted by Crippen LogP contribution is -2.22. The lowest BCUT2D eigenvalue weighted by molar-refractivity contribution is -0.280. The smallest absolute Gasteiger partial charge is 0.293 e. The van der Waals surface area contributed by atoms with Crippen LogP contribution in [0.3, 0.4) is 0 Å². The van der Waals surface area contributed by atoms with Crippen molar-refractivity contribution in [1.82, 2.24) is 0 Å². The Hall–Kier alpha value is -1.35. The van der Waals surface area contributed by atoms with Gasteiger partial charge in [-0.25, -0.2) is 4.79 Å². The van der Waals surface area contributed by atoms with Crippen LogP contribution in [0.1, 0.15) is 69.3 Å². The third-order valence-electron chi connectivity index (χ3n) is 4.21. The molecule has 2 rings (SSSR count). The van der Waals surface area contributed by atoms with Crippen molar-refractivity contribution in [2.24, 2.45) is 5.92 Å². The van der Waals surface area contributed by atoms with Gasteiger partial charge in [-0.15, -0.1) is 0 Å². The van der Waals surface area contributed by atoms with E-state index in [0.29, 0.717) is 5.56 Å². The molecule has 1 fully saturated rings. The number of benzene rings is 1. The van der Waals surface area contributed by atoms with E-state index in [1.165, 1.54) is 5.56 Å². The van der Waals surface area contributed by atoms with Crippen LogP contribution in [-0.4, -0.2) is 12.1 Å². The molecule has 0 radical (unpaired) electrons. The highest BCUT2D eigenvalue weighted by atomic mass is 17.2. The fourth-order valence-corrected chi connectivity index (χ4v) is 2.59. The summed E-state index contributed by atoms with van der Waals surface area (Å²) in [4.78, 5) is 22.3. The Balaban J connectivity index is 1.86. The third-order valence-corrected chi connectivity index (χ3v) is 4.21. The predicted octanol–water partition coefficient (Wildman–Crippen LogP) is 4.65. The van der Waals surface area contributed by atoms with Gasteiger partial charge in [0.25, 0.3) is 0 Å². The van der Waals surface area contributed by atoms with Crippen molar-refractivity contribution in [1.29, 1.82) is 0 Å². The molecule has 1 aromatic carbocycles. The molecule has 0 saturated heterocycles. The fraction of sp³-hybridized carbons (Fsp3) is 0.611. The number of carbonyl (C=O) groups excluding carboxylic acids is 1. The summed E-state index contributed by atoms with van der Waals surface area (Å²) >= 11 is 0. The van der Waals surface area contributed by atoms with Crippen LogP contribution in [0.2, 0.25) is 0 Å². The monoisotopic (exact) mass is 290 g/mol. The highest BCUT2D eigenvalue weighted by Crippen LogP contribution is 2.26. The molecule has 0 bridgehead atoms. The maximum atomic E-state index is 12.0. The summed E-state index contributed by atoms with van der Waals surface area (Å²) in [6.07, 6.45) is 4.28. The second-order valence-electron chi connectivity index (χ2n) is 7.18. The van der Waals surface area contributed by atoms with Crippen LogP contribution >= 0.6 is 0 Å². The zero-order valence-corrected chi connectivity index (χ0v) is 13.5. The van der Waals surface area contributed by atoms with Gasteiger partial charge in [-0.05, 0) is 54.7 Å². The maximum absolute atomic E-state index is 12.0. The van der Waals surface area contributed by atoms with Gasteiger partial charge in [-0.3, -0.25) is 4.89 Å². The molecule has 116 valence electrons. The topological polar surface area (TPSA) is 35.5 Å². The molecule has 3 nitrogen and oxygen atoms in total. The average Bonchev–Trinajstić information content (AvgIpc) is 2.45. The van der Waals surface area contributed by atoms with Crippen LogP contribution in [0.4, 0.5) is 0 Å². The average molecular weight is 290 g/mol. The summed E-state index contributed by atoms with van der Waals surface area (Å²) in [5.74, 6) is 0.347. The van der Waals surface area contributed by atoms with E-state index in [1.807, 2.05) is 12.1 Å². The van der Waals surface area contributed by atoms with Crippen molar-refractivity contribution in [3.05, 3.63) is 35.4 Å². The Morgan fingerprint density at radius 3 is 2.14 bits per heavy atom. The lowest BCUT2D eigenvalue weighted by atomic mass is 9.87. The van der Waals surface area contributed by atoms with Gasteiger partial charge in [0.1, 0.15) is 6.10 Å². The third kappa shape index (κ3) is 4.57. The number of rotatable bonds is 3. The second-order valence-corrected chi connectivity index (χ2v) is 7.18. The van der Waals surface area contributed by atoms with Gasteiger partial charge >= 0.3 is 5.97 Å². The standard InChI is InChI=1S/C18H26O3/c1-13-5-11-16(12-6-13)20-21-17(19)14-7-9-15(10-8-14)18(2,3)4/h7-10,13,16H,5-6,11-12H2,1-4H3. The maximum Gasteiger partial charge on any atom is 0.373 e. The zero-order valence-electron chi connectivity index (χ0n) is 13.5. The SMILES string of the molecule is CC1CCC(OOC(=O)c2ccc(C(C)(C)C)cc2)CC1. The van der Waals surface area contributed by atoms with Gasteiger partial charge in [0.15, 0.2) is 0 Å². The summed E-state index contributed by atoms with van der Waals surface area (Å²) in [6, 6.07) is 7.54. The summed E-state index contributed by atoms with van der Waals surface area (Å²) in [7, 11) is 0. The van der Waals surface area contributed by atoms with Crippen LogP contribution in [-0.2, 0) is 15.2 Å². The van der Waals surface area contributed by atoms with Crippen molar-refractivity contribution in [2.45, 2.75) is 64.9 Å². The van der Waals surface area contributed by atoms with Gasteiger partial charge in [0.05, 0.1) is 5.56 Å². The van der Waals surface area contributed by atoms with E-state index in [2.05, 4.69) is 27.7 Å². The molecular formula is C18H26O3. The van der Waals surface area contributed by atoms with Crippen LogP contribution in [0.15, 0.2) is 24.3 Å². The van der Waals surface area contributed by atoms with Crippen molar-refractivity contribution >= 4 is 5.97 Å². The first-order valence-electron chi connectivity index (χ1n) is 7.84. The molecule has 1 aliphatic carbocycles. The Kier molecular flexibility index (Phi) is 5.04. The molecule has 0 unspecified atom stereocenters. The second kappa shape index (κ2) is 6.61. The molecule has 1 aromatic rings. The summed E-state index contributed by atoms with van der Waals surface area (Å²) in [5.41, 5.74) is 1.81. The first-order chi connectivity index (χ1) is 9.86. The lowest BCUT2D eigenvalue weighted by Gasteiger charge is -2.24. The van der Waals surface area contributed by atoms with Crippen molar-refractivity contribution < 1.29 is 14.6 Å². The molecule has 0 heterocycles. The van der Waals surface area contributed by atoms with E-state index < -0.39 is 5.97 Å². The van der Waals surface area contributed by atoms with E-state index in [9.17, 15) is 4.79 Å². The molecular weight excluding hydrogens is 264 g/mol. The van der Waals surface area contributed by atoms with Crippen LogP contribution in [0, 0.1) is 5.92 Å². The highest BCUT2D eigenvalue weighted by molar-refractivity contribution is 5.88.